The first-order valence-corrected chi connectivity index (χ1v) is 14.9. The van der Waals surface area contributed by atoms with E-state index in [-0.39, 0.29) is 5.41 Å². The number of pyridine rings is 1. The summed E-state index contributed by atoms with van der Waals surface area (Å²) in [6, 6.07) is 31.3. The fourth-order valence-corrected chi connectivity index (χ4v) is 6.25. The Morgan fingerprint density at radius 2 is 1.59 bits per heavy atom. The zero-order valence-electron chi connectivity index (χ0n) is 25.4. The van der Waals surface area contributed by atoms with Crippen molar-refractivity contribution in [1.82, 2.24) is 14.1 Å². The van der Waals surface area contributed by atoms with Gasteiger partial charge >= 0.3 is 0 Å². The fourth-order valence-electron chi connectivity index (χ4n) is 6.25. The van der Waals surface area contributed by atoms with Gasteiger partial charge in [-0.25, -0.2) is 4.98 Å². The number of fused-ring (bicyclic) bond motifs is 6. The van der Waals surface area contributed by atoms with Gasteiger partial charge < -0.3 is 18.3 Å². The summed E-state index contributed by atoms with van der Waals surface area (Å²) in [5.74, 6) is 2.24. The monoisotopic (exact) mass is 576 g/mol. The molecule has 0 saturated carbocycles. The number of ether oxygens (including phenoxy) is 1. The minimum atomic E-state index is 0.000240. The lowest BCUT2D eigenvalue weighted by Crippen LogP contribution is -2.24. The van der Waals surface area contributed by atoms with E-state index in [0.29, 0.717) is 17.1 Å². The Bertz CT molecular complexity index is 2380. The van der Waals surface area contributed by atoms with Crippen LogP contribution in [0.1, 0.15) is 32.0 Å². The predicted octanol–water partition coefficient (Wildman–Crippen LogP) is 8.89. The van der Waals surface area contributed by atoms with Crippen molar-refractivity contribution in [2.24, 2.45) is 7.05 Å². The van der Waals surface area contributed by atoms with Crippen LogP contribution in [-0.2, 0) is 12.5 Å². The molecule has 0 aliphatic heterocycles. The maximum Gasteiger partial charge on any atom is 0.243 e. The summed E-state index contributed by atoms with van der Waals surface area (Å²) in [5, 5.41) is 4.35. The molecule has 44 heavy (non-hydrogen) atoms. The number of hydrogen-bond acceptors (Lipinski definition) is 3. The third-order valence-electron chi connectivity index (χ3n) is 8.39. The third-order valence-corrected chi connectivity index (χ3v) is 8.39. The molecule has 0 spiro atoms. The second kappa shape index (κ2) is 9.58. The number of para-hydroxylation sites is 2. The highest BCUT2D eigenvalue weighted by Crippen LogP contribution is 2.41. The topological polar surface area (TPSA) is 49.0 Å². The van der Waals surface area contributed by atoms with E-state index in [1.165, 1.54) is 10.9 Å². The number of rotatable bonds is 4. The van der Waals surface area contributed by atoms with E-state index in [0.717, 1.165) is 50.0 Å². The SMILES string of the molecule is Cc1c[n+](C)[c-]n1-c1cc(Oc2ccc3c4ccccc4n(-c4cc(C(C)(C)C)ccn4)c3c2)c2oc3ccccc3c2c1. The van der Waals surface area contributed by atoms with Crippen LogP contribution in [0.15, 0.2) is 108 Å². The van der Waals surface area contributed by atoms with E-state index >= 15 is 0 Å². The van der Waals surface area contributed by atoms with Gasteiger partial charge in [0, 0.05) is 45.7 Å². The highest BCUT2D eigenvalue weighted by Gasteiger charge is 2.20. The largest absolute Gasteiger partial charge is 0.454 e. The lowest BCUT2D eigenvalue weighted by Gasteiger charge is -2.20. The standard InChI is InChI=1S/C38H32N4O2/c1-24-22-40(5)23-41(24)26-19-31-30-11-7-9-13-34(30)44-37(31)35(20-26)43-27-14-15-29-28-10-6-8-12-32(28)42(33(29)21-27)36-18-25(16-17-39-36)38(2,3)4/h6-22H,1-5H3. The molecule has 0 unspecified atom stereocenters. The zero-order valence-corrected chi connectivity index (χ0v) is 25.4. The van der Waals surface area contributed by atoms with E-state index in [4.69, 9.17) is 14.1 Å². The van der Waals surface area contributed by atoms with Crippen molar-refractivity contribution in [2.75, 3.05) is 0 Å². The second-order valence-corrected chi connectivity index (χ2v) is 12.5. The van der Waals surface area contributed by atoms with Gasteiger partial charge in [-0.15, -0.1) is 0 Å². The summed E-state index contributed by atoms with van der Waals surface area (Å²) in [6.07, 6.45) is 7.33. The van der Waals surface area contributed by atoms with Crippen molar-refractivity contribution in [1.29, 1.82) is 0 Å². The second-order valence-electron chi connectivity index (χ2n) is 12.5. The van der Waals surface area contributed by atoms with Crippen molar-refractivity contribution < 1.29 is 13.7 Å². The summed E-state index contributed by atoms with van der Waals surface area (Å²) in [6.45, 7) is 8.75. The Kier molecular flexibility index (Phi) is 5.72. The molecule has 0 atom stereocenters. The van der Waals surface area contributed by atoms with Crippen LogP contribution in [0.25, 0.3) is 55.2 Å². The minimum Gasteiger partial charge on any atom is -0.454 e. The van der Waals surface area contributed by atoms with Crippen LogP contribution in [0, 0.1) is 13.3 Å². The minimum absolute atomic E-state index is 0.000240. The number of benzene rings is 4. The number of aromatic nitrogens is 4. The molecule has 6 heteroatoms. The number of furan rings is 1. The Morgan fingerprint density at radius 3 is 2.39 bits per heavy atom. The first kappa shape index (κ1) is 26.3. The van der Waals surface area contributed by atoms with Gasteiger partial charge in [0.05, 0.1) is 23.8 Å². The van der Waals surface area contributed by atoms with Crippen molar-refractivity contribution in [3.05, 3.63) is 121 Å². The van der Waals surface area contributed by atoms with Crippen LogP contribution < -0.4 is 9.30 Å². The number of nitrogens with zero attached hydrogens (tertiary/aromatic N) is 4. The zero-order chi connectivity index (χ0) is 30.2. The molecular formula is C38H32N4O2. The average Bonchev–Trinajstić information content (AvgIpc) is 3.67. The van der Waals surface area contributed by atoms with Crippen LogP contribution in [-0.4, -0.2) is 14.1 Å². The maximum atomic E-state index is 6.74. The van der Waals surface area contributed by atoms with Gasteiger partial charge in [-0.05, 0) is 66.4 Å². The molecule has 4 heterocycles. The van der Waals surface area contributed by atoms with Crippen molar-refractivity contribution >= 4 is 43.7 Å². The smallest absolute Gasteiger partial charge is 0.243 e. The lowest BCUT2D eigenvalue weighted by molar-refractivity contribution is -0.675. The van der Waals surface area contributed by atoms with E-state index < -0.39 is 0 Å². The number of hydrogen-bond donors (Lipinski definition) is 0. The summed E-state index contributed by atoms with van der Waals surface area (Å²) in [4.78, 5) is 4.83. The van der Waals surface area contributed by atoms with Gasteiger partial charge in [-0.2, -0.15) is 0 Å². The predicted molar refractivity (Wildman–Crippen MR) is 175 cm³/mol. The van der Waals surface area contributed by atoms with Crippen LogP contribution >= 0.6 is 0 Å². The molecular weight excluding hydrogens is 544 g/mol. The Morgan fingerprint density at radius 1 is 0.818 bits per heavy atom. The Labute approximate surface area is 255 Å². The fraction of sp³-hybridized carbons (Fsp3) is 0.158. The quantitative estimate of drug-likeness (QED) is 0.155. The molecule has 4 aromatic heterocycles. The molecule has 0 fully saturated rings. The van der Waals surface area contributed by atoms with Gasteiger partial charge in [0.1, 0.15) is 17.2 Å². The summed E-state index contributed by atoms with van der Waals surface area (Å²) < 4.78 is 19.3. The first-order chi connectivity index (χ1) is 21.2. The summed E-state index contributed by atoms with van der Waals surface area (Å²) >= 11 is 0. The van der Waals surface area contributed by atoms with Gasteiger partial charge in [0.25, 0.3) is 0 Å². The first-order valence-electron chi connectivity index (χ1n) is 14.9. The van der Waals surface area contributed by atoms with E-state index in [1.54, 1.807) is 0 Å². The van der Waals surface area contributed by atoms with E-state index in [9.17, 15) is 0 Å². The maximum absolute atomic E-state index is 6.74. The van der Waals surface area contributed by atoms with Crippen LogP contribution in [0.2, 0.25) is 0 Å². The Hall–Kier alpha value is -5.36. The molecule has 0 radical (unpaired) electrons. The molecule has 4 aromatic carbocycles. The van der Waals surface area contributed by atoms with E-state index in [1.807, 2.05) is 58.9 Å². The average molecular weight is 577 g/mol. The van der Waals surface area contributed by atoms with Crippen LogP contribution in [0.5, 0.6) is 11.5 Å². The molecule has 216 valence electrons. The molecule has 0 saturated heterocycles. The van der Waals surface area contributed by atoms with Crippen LogP contribution in [0.4, 0.5) is 0 Å². The highest BCUT2D eigenvalue weighted by atomic mass is 16.5. The summed E-state index contributed by atoms with van der Waals surface area (Å²) in [7, 11) is 1.98. The van der Waals surface area contributed by atoms with Gasteiger partial charge in [0.15, 0.2) is 11.3 Å². The number of imidazole rings is 1. The van der Waals surface area contributed by atoms with Crippen molar-refractivity contribution in [2.45, 2.75) is 33.1 Å². The molecule has 8 rings (SSSR count). The number of aryl methyl sites for hydroxylation is 2. The molecule has 0 aliphatic rings. The van der Waals surface area contributed by atoms with Crippen molar-refractivity contribution in [3.63, 3.8) is 0 Å². The molecule has 0 aliphatic carbocycles. The molecule has 6 nitrogen and oxygen atoms in total. The molecule has 0 amide bonds. The van der Waals surface area contributed by atoms with Gasteiger partial charge in [0.2, 0.25) is 6.33 Å². The molecule has 8 aromatic rings. The highest BCUT2D eigenvalue weighted by molar-refractivity contribution is 6.10. The van der Waals surface area contributed by atoms with Crippen molar-refractivity contribution in [3.8, 4) is 23.0 Å². The van der Waals surface area contributed by atoms with E-state index in [2.05, 4.69) is 99.3 Å². The van der Waals surface area contributed by atoms with Gasteiger partial charge in [-0.1, -0.05) is 57.2 Å². The van der Waals surface area contributed by atoms with Gasteiger partial charge in [-0.3, -0.25) is 4.57 Å². The lowest BCUT2D eigenvalue weighted by atomic mass is 9.88. The third kappa shape index (κ3) is 4.17. The molecule has 0 N–H and O–H groups in total. The summed E-state index contributed by atoms with van der Waals surface area (Å²) in [5.41, 5.74) is 6.92. The normalized spacial score (nSPS) is 12.2. The molecule has 0 bridgehead atoms. The Balaban J connectivity index is 1.33. The van der Waals surface area contributed by atoms with Crippen LogP contribution in [0.3, 0.4) is 0 Å².